The highest BCUT2D eigenvalue weighted by Gasteiger charge is 2.42. The third kappa shape index (κ3) is 3.23. The number of fused-ring (bicyclic) bond motifs is 3. The zero-order valence-corrected chi connectivity index (χ0v) is 18.3. The highest BCUT2D eigenvalue weighted by Crippen LogP contribution is 2.45. The number of carbonyl (C=O) groups is 1. The number of halogens is 2. The predicted molar refractivity (Wildman–Crippen MR) is 117 cm³/mol. The molecule has 0 bridgehead atoms. The first-order chi connectivity index (χ1) is 15.8. The zero-order chi connectivity index (χ0) is 23.4. The van der Waals surface area contributed by atoms with E-state index in [9.17, 15) is 23.5 Å². The van der Waals surface area contributed by atoms with Crippen LogP contribution in [0.4, 0.5) is 8.78 Å². The molecule has 0 saturated heterocycles. The van der Waals surface area contributed by atoms with Gasteiger partial charge in [0.1, 0.15) is 11.6 Å². The molecule has 0 unspecified atom stereocenters. The summed E-state index contributed by atoms with van der Waals surface area (Å²) < 4.78 is 31.2. The maximum atomic E-state index is 14.9. The van der Waals surface area contributed by atoms with E-state index in [4.69, 9.17) is 0 Å². The minimum absolute atomic E-state index is 0.201. The van der Waals surface area contributed by atoms with Gasteiger partial charge in [0.25, 0.3) is 5.91 Å². The molecule has 5 rings (SSSR count). The van der Waals surface area contributed by atoms with Crippen LogP contribution in [0.5, 0.6) is 5.75 Å². The van der Waals surface area contributed by atoms with Gasteiger partial charge in [-0.25, -0.2) is 8.78 Å². The highest BCUT2D eigenvalue weighted by atomic mass is 19.1. The summed E-state index contributed by atoms with van der Waals surface area (Å²) in [5.74, 6) is -2.45. The van der Waals surface area contributed by atoms with E-state index in [0.29, 0.717) is 35.1 Å². The van der Waals surface area contributed by atoms with Crippen molar-refractivity contribution in [3.63, 3.8) is 0 Å². The van der Waals surface area contributed by atoms with Crippen molar-refractivity contribution in [2.24, 2.45) is 0 Å². The van der Waals surface area contributed by atoms with Gasteiger partial charge in [-0.05, 0) is 61.1 Å². The van der Waals surface area contributed by atoms with E-state index in [1.54, 1.807) is 17.0 Å². The Labute approximate surface area is 189 Å². The number of nitrogens with zero attached hydrogens (tertiary/aromatic N) is 3. The number of hydrogen-bond donors (Lipinski definition) is 1. The van der Waals surface area contributed by atoms with Gasteiger partial charge in [0, 0.05) is 18.5 Å². The fourth-order valence-corrected chi connectivity index (χ4v) is 5.19. The summed E-state index contributed by atoms with van der Waals surface area (Å²) >= 11 is 0. The van der Waals surface area contributed by atoms with E-state index in [1.807, 2.05) is 26.0 Å². The maximum absolute atomic E-state index is 14.9. The molecule has 2 aromatic carbocycles. The summed E-state index contributed by atoms with van der Waals surface area (Å²) in [4.78, 5) is 26.9. The number of carbonyl (C=O) groups excluding carboxylic acids is 1. The normalized spacial score (nSPS) is 18.0. The largest absolute Gasteiger partial charge is 0.502 e. The first kappa shape index (κ1) is 21.3. The van der Waals surface area contributed by atoms with Crippen molar-refractivity contribution in [2.45, 2.75) is 44.7 Å². The van der Waals surface area contributed by atoms with Crippen molar-refractivity contribution in [1.82, 2.24) is 14.7 Å². The SMILES string of the molecule is CC(C)N1C[C@H](C2c3cccc(F)c3CCc3c(F)cccc32)n2ncc(=O)c(O)c2C1=O. The van der Waals surface area contributed by atoms with Crippen LogP contribution in [-0.4, -0.2) is 38.3 Å². The van der Waals surface area contributed by atoms with Crippen LogP contribution in [0.25, 0.3) is 0 Å². The molecule has 6 nitrogen and oxygen atoms in total. The van der Waals surface area contributed by atoms with Crippen LogP contribution in [0.3, 0.4) is 0 Å². The molecule has 1 aliphatic carbocycles. The van der Waals surface area contributed by atoms with E-state index in [2.05, 4.69) is 5.10 Å². The van der Waals surface area contributed by atoms with E-state index < -0.39 is 29.0 Å². The molecule has 0 fully saturated rings. The average molecular weight is 451 g/mol. The molecule has 33 heavy (non-hydrogen) atoms. The summed E-state index contributed by atoms with van der Waals surface area (Å²) in [6.45, 7) is 3.88. The number of hydrogen-bond acceptors (Lipinski definition) is 4. The lowest BCUT2D eigenvalue weighted by Gasteiger charge is -2.41. The van der Waals surface area contributed by atoms with Crippen molar-refractivity contribution < 1.29 is 18.7 Å². The molecule has 0 saturated carbocycles. The summed E-state index contributed by atoms with van der Waals surface area (Å²) in [5, 5.41) is 14.7. The van der Waals surface area contributed by atoms with Crippen LogP contribution in [0.2, 0.25) is 0 Å². The molecule has 2 heterocycles. The summed E-state index contributed by atoms with van der Waals surface area (Å²) in [7, 11) is 0. The first-order valence-electron chi connectivity index (χ1n) is 11.0. The van der Waals surface area contributed by atoms with Crippen molar-refractivity contribution >= 4 is 5.91 Å². The molecule has 1 aliphatic heterocycles. The van der Waals surface area contributed by atoms with Crippen molar-refractivity contribution in [3.05, 3.63) is 92.4 Å². The molecule has 0 spiro atoms. The Morgan fingerprint density at radius 1 is 1.00 bits per heavy atom. The van der Waals surface area contributed by atoms with Gasteiger partial charge in [0.05, 0.1) is 12.2 Å². The smallest absolute Gasteiger partial charge is 0.276 e. The first-order valence-corrected chi connectivity index (χ1v) is 11.0. The molecular weight excluding hydrogens is 428 g/mol. The Balaban J connectivity index is 1.82. The van der Waals surface area contributed by atoms with Gasteiger partial charge in [-0.3, -0.25) is 14.3 Å². The lowest BCUT2D eigenvalue weighted by molar-refractivity contribution is 0.0570. The number of benzene rings is 2. The van der Waals surface area contributed by atoms with E-state index in [1.165, 1.54) is 16.8 Å². The molecule has 1 N–H and O–H groups in total. The fraction of sp³-hybridized carbons (Fsp3) is 0.320. The molecule has 170 valence electrons. The molecule has 8 heteroatoms. The number of aromatic nitrogens is 2. The van der Waals surface area contributed by atoms with E-state index >= 15 is 0 Å². The molecule has 1 aromatic heterocycles. The minimum Gasteiger partial charge on any atom is -0.502 e. The van der Waals surface area contributed by atoms with Gasteiger partial charge in [-0.2, -0.15) is 5.10 Å². The second-order valence-electron chi connectivity index (χ2n) is 8.86. The fourth-order valence-electron chi connectivity index (χ4n) is 5.19. The molecule has 1 amide bonds. The standard InChI is InChI=1S/C25H23F2N3O3/c1-13(2)29-12-20(30-23(25(29)33)24(32)21(31)11-28-30)22-16-5-3-7-18(26)14(16)9-10-15-17(22)6-4-8-19(15)27/h3-8,11,13,20,22,32H,9-10,12H2,1-2H3/t20-/m1/s1. The molecule has 2 aliphatic rings. The number of rotatable bonds is 2. The Hall–Kier alpha value is -3.55. The lowest BCUT2D eigenvalue weighted by Crippen LogP contribution is -2.49. The van der Waals surface area contributed by atoms with Crippen LogP contribution in [0.1, 0.15) is 58.5 Å². The summed E-state index contributed by atoms with van der Waals surface area (Å²) in [6.07, 6.45) is 1.64. The maximum Gasteiger partial charge on any atom is 0.276 e. The predicted octanol–water partition coefficient (Wildman–Crippen LogP) is 3.56. The van der Waals surface area contributed by atoms with Crippen molar-refractivity contribution in [3.8, 4) is 5.75 Å². The van der Waals surface area contributed by atoms with E-state index in [0.717, 1.165) is 6.20 Å². The van der Waals surface area contributed by atoms with Gasteiger partial charge >= 0.3 is 0 Å². The van der Waals surface area contributed by atoms with Crippen LogP contribution < -0.4 is 5.43 Å². The molecule has 3 aromatic rings. The Morgan fingerprint density at radius 3 is 2.12 bits per heavy atom. The van der Waals surface area contributed by atoms with Crippen LogP contribution >= 0.6 is 0 Å². The second kappa shape index (κ2) is 7.79. The van der Waals surface area contributed by atoms with Gasteiger partial charge < -0.3 is 10.0 Å². The van der Waals surface area contributed by atoms with Gasteiger partial charge in [-0.15, -0.1) is 0 Å². The summed E-state index contributed by atoms with van der Waals surface area (Å²) in [5.41, 5.74) is 1.42. The van der Waals surface area contributed by atoms with E-state index in [-0.39, 0.29) is 29.9 Å². The Morgan fingerprint density at radius 2 is 1.58 bits per heavy atom. The van der Waals surface area contributed by atoms with Crippen LogP contribution in [0, 0.1) is 11.6 Å². The molecular formula is C25H23F2N3O3. The third-order valence-corrected chi connectivity index (χ3v) is 6.76. The molecule has 1 atom stereocenters. The van der Waals surface area contributed by atoms with Crippen molar-refractivity contribution in [2.75, 3.05) is 6.54 Å². The van der Waals surface area contributed by atoms with Crippen molar-refractivity contribution in [1.29, 1.82) is 0 Å². The summed E-state index contributed by atoms with van der Waals surface area (Å²) in [6, 6.07) is 8.85. The average Bonchev–Trinajstić information content (AvgIpc) is 2.95. The quantitative estimate of drug-likeness (QED) is 0.647. The van der Waals surface area contributed by atoms with Gasteiger partial charge in [0.2, 0.25) is 5.43 Å². The lowest BCUT2D eigenvalue weighted by atomic mass is 9.81. The monoisotopic (exact) mass is 451 g/mol. The van der Waals surface area contributed by atoms with Gasteiger partial charge in [-0.1, -0.05) is 24.3 Å². The highest BCUT2D eigenvalue weighted by molar-refractivity contribution is 5.96. The number of aromatic hydroxyl groups is 1. The Bertz CT molecular complexity index is 1280. The van der Waals surface area contributed by atoms with Crippen LogP contribution in [-0.2, 0) is 12.8 Å². The van der Waals surface area contributed by atoms with Crippen LogP contribution in [0.15, 0.2) is 47.4 Å². The second-order valence-corrected chi connectivity index (χ2v) is 8.86. The molecule has 0 radical (unpaired) electrons. The third-order valence-electron chi connectivity index (χ3n) is 6.76. The topological polar surface area (TPSA) is 75.4 Å². The Kier molecular flexibility index (Phi) is 5.03. The number of amides is 1. The minimum atomic E-state index is -0.752. The zero-order valence-electron chi connectivity index (χ0n) is 18.3. The van der Waals surface area contributed by atoms with Gasteiger partial charge in [0.15, 0.2) is 11.4 Å².